The average Bonchev–Trinajstić information content (AvgIpc) is 3.12. The number of ether oxygens (including phenoxy) is 1. The number of aliphatic hydroxyl groups excluding tert-OH is 1. The molecule has 1 spiro atoms. The monoisotopic (exact) mass is 380 g/mol. The second-order valence-electron chi connectivity index (χ2n) is 7.76. The van der Waals surface area contributed by atoms with E-state index in [-0.39, 0.29) is 35.9 Å². The van der Waals surface area contributed by atoms with Crippen LogP contribution in [0, 0.1) is 5.41 Å². The highest BCUT2D eigenvalue weighted by atomic mass is 35.5. The predicted molar refractivity (Wildman–Crippen MR) is 103 cm³/mol. The lowest BCUT2D eigenvalue weighted by Crippen LogP contribution is -2.62. The Labute approximate surface area is 161 Å². The van der Waals surface area contributed by atoms with Gasteiger partial charge >= 0.3 is 0 Å². The van der Waals surface area contributed by atoms with E-state index in [1.54, 1.807) is 0 Å². The molecule has 3 aliphatic rings. The highest BCUT2D eigenvalue weighted by Crippen LogP contribution is 2.51. The zero-order valence-corrected chi connectivity index (χ0v) is 16.0. The maximum absolute atomic E-state index is 12.9. The van der Waals surface area contributed by atoms with Crippen LogP contribution in [0.4, 0.5) is 0 Å². The zero-order valence-electron chi connectivity index (χ0n) is 15.2. The van der Waals surface area contributed by atoms with Gasteiger partial charge in [-0.15, -0.1) is 12.4 Å². The fraction of sp³-hybridized carbons (Fsp3) is 0.650. The van der Waals surface area contributed by atoms with Crippen LogP contribution in [-0.2, 0) is 17.6 Å². The molecule has 2 atom stereocenters. The number of likely N-dealkylation sites (tertiary alicyclic amines) is 1. The first kappa shape index (κ1) is 19.6. The number of nitrogens with two attached hydrogens (primary N) is 1. The first-order valence-corrected chi connectivity index (χ1v) is 9.55. The maximum atomic E-state index is 12.9. The Hall–Kier alpha value is -1.14. The molecule has 3 N–H and O–H groups in total. The van der Waals surface area contributed by atoms with Gasteiger partial charge < -0.3 is 20.5 Å². The number of piperidine rings is 1. The Bertz CT molecular complexity index is 658. The van der Waals surface area contributed by atoms with Crippen molar-refractivity contribution in [1.29, 1.82) is 0 Å². The van der Waals surface area contributed by atoms with Gasteiger partial charge in [-0.3, -0.25) is 4.79 Å². The molecular formula is C20H29ClN2O3. The van der Waals surface area contributed by atoms with Crippen molar-refractivity contribution in [3.63, 3.8) is 0 Å². The summed E-state index contributed by atoms with van der Waals surface area (Å²) in [5.74, 6) is 0.123. The summed E-state index contributed by atoms with van der Waals surface area (Å²) in [5, 5.41) is 10.3. The zero-order chi connectivity index (χ0) is 17.4. The number of carbonyl (C=O) groups excluding carboxylic acids is 1. The van der Waals surface area contributed by atoms with Gasteiger partial charge in [0, 0.05) is 37.0 Å². The van der Waals surface area contributed by atoms with E-state index in [0.717, 1.165) is 31.2 Å². The molecular weight excluding hydrogens is 352 g/mol. The van der Waals surface area contributed by atoms with Gasteiger partial charge in [0.05, 0.1) is 18.8 Å². The van der Waals surface area contributed by atoms with Gasteiger partial charge in [0.25, 0.3) is 5.91 Å². The largest absolute Gasteiger partial charge is 0.392 e. The number of amides is 1. The Morgan fingerprint density at radius 3 is 2.69 bits per heavy atom. The van der Waals surface area contributed by atoms with Gasteiger partial charge in [0.15, 0.2) is 0 Å². The first-order chi connectivity index (χ1) is 12.1. The van der Waals surface area contributed by atoms with Crippen molar-refractivity contribution in [1.82, 2.24) is 4.90 Å². The maximum Gasteiger partial charge on any atom is 0.253 e. The number of aliphatic hydroxyl groups is 1. The molecule has 1 aromatic carbocycles. The Balaban J connectivity index is 0.00000196. The fourth-order valence-corrected chi connectivity index (χ4v) is 4.84. The number of hydrogen-bond acceptors (Lipinski definition) is 4. The lowest BCUT2D eigenvalue weighted by atomic mass is 9.58. The van der Waals surface area contributed by atoms with Gasteiger partial charge in [-0.25, -0.2) is 0 Å². The van der Waals surface area contributed by atoms with Crippen LogP contribution in [-0.4, -0.2) is 54.4 Å². The highest BCUT2D eigenvalue weighted by Gasteiger charge is 2.56. The number of rotatable bonds is 4. The molecule has 5 nitrogen and oxygen atoms in total. The molecule has 1 aliphatic heterocycles. The minimum Gasteiger partial charge on any atom is -0.392 e. The summed E-state index contributed by atoms with van der Waals surface area (Å²) in [6.07, 6.45) is 5.50. The number of hydrogen-bond donors (Lipinski definition) is 2. The van der Waals surface area contributed by atoms with E-state index in [2.05, 4.69) is 12.1 Å². The summed E-state index contributed by atoms with van der Waals surface area (Å²) in [4.78, 5) is 14.8. The SMILES string of the molecule is Cl.NCCO[C@H]1C[C@@H](O)C12CCN(C(=O)c1ccc3c(c1)CCC3)CC2. The standard InChI is InChI=1S/C20H28N2O3.ClH/c21-8-11-25-18-13-17(23)20(18)6-9-22(10-7-20)19(24)16-5-4-14-2-1-3-15(14)12-16;/h4-5,12,17-18,23H,1-3,6-11,13,21H2;1H/t17-,18+;/m1./s1. The summed E-state index contributed by atoms with van der Waals surface area (Å²) in [6.45, 7) is 2.42. The van der Waals surface area contributed by atoms with Crippen LogP contribution in [0.25, 0.3) is 0 Å². The smallest absolute Gasteiger partial charge is 0.253 e. The van der Waals surface area contributed by atoms with E-state index in [1.165, 1.54) is 17.5 Å². The van der Waals surface area contributed by atoms with Crippen LogP contribution >= 0.6 is 12.4 Å². The molecule has 144 valence electrons. The van der Waals surface area contributed by atoms with E-state index in [0.29, 0.717) is 32.7 Å². The normalized spacial score (nSPS) is 26.2. The van der Waals surface area contributed by atoms with Crippen LogP contribution in [0.1, 0.15) is 47.2 Å². The summed E-state index contributed by atoms with van der Waals surface area (Å²) < 4.78 is 5.83. The number of nitrogens with zero attached hydrogens (tertiary/aromatic N) is 1. The number of aryl methyl sites for hydroxylation is 2. The molecule has 2 fully saturated rings. The third-order valence-electron chi connectivity index (χ3n) is 6.51. The molecule has 0 unspecified atom stereocenters. The number of fused-ring (bicyclic) bond motifs is 1. The van der Waals surface area contributed by atoms with E-state index in [4.69, 9.17) is 10.5 Å². The minimum atomic E-state index is -0.312. The Morgan fingerprint density at radius 2 is 2.00 bits per heavy atom. The molecule has 0 bridgehead atoms. The lowest BCUT2D eigenvalue weighted by Gasteiger charge is -2.56. The average molecular weight is 381 g/mol. The van der Waals surface area contributed by atoms with Gasteiger partial charge in [-0.05, 0) is 55.4 Å². The molecule has 1 amide bonds. The highest BCUT2D eigenvalue weighted by molar-refractivity contribution is 5.94. The topological polar surface area (TPSA) is 75.8 Å². The van der Waals surface area contributed by atoms with E-state index >= 15 is 0 Å². The van der Waals surface area contributed by atoms with E-state index < -0.39 is 0 Å². The second-order valence-corrected chi connectivity index (χ2v) is 7.76. The molecule has 1 heterocycles. The summed E-state index contributed by atoms with van der Waals surface area (Å²) >= 11 is 0. The molecule has 1 saturated carbocycles. The third-order valence-corrected chi connectivity index (χ3v) is 6.51. The third kappa shape index (κ3) is 3.26. The summed E-state index contributed by atoms with van der Waals surface area (Å²) in [6, 6.07) is 6.18. The summed E-state index contributed by atoms with van der Waals surface area (Å²) in [7, 11) is 0. The molecule has 4 rings (SSSR count). The second kappa shape index (κ2) is 7.85. The van der Waals surface area contributed by atoms with Crippen LogP contribution < -0.4 is 5.73 Å². The molecule has 26 heavy (non-hydrogen) atoms. The van der Waals surface area contributed by atoms with Gasteiger partial charge in [0.2, 0.25) is 0 Å². The number of carbonyl (C=O) groups is 1. The van der Waals surface area contributed by atoms with Crippen molar-refractivity contribution >= 4 is 18.3 Å². The lowest BCUT2D eigenvalue weighted by molar-refractivity contribution is -0.207. The van der Waals surface area contributed by atoms with Gasteiger partial charge in [0.1, 0.15) is 0 Å². The van der Waals surface area contributed by atoms with Crippen LogP contribution in [0.15, 0.2) is 18.2 Å². The summed E-state index contributed by atoms with van der Waals surface area (Å²) in [5.41, 5.74) is 8.90. The van der Waals surface area contributed by atoms with Crippen molar-refractivity contribution in [2.75, 3.05) is 26.2 Å². The van der Waals surface area contributed by atoms with Crippen molar-refractivity contribution in [2.24, 2.45) is 11.1 Å². The molecule has 0 aromatic heterocycles. The first-order valence-electron chi connectivity index (χ1n) is 9.55. The fourth-order valence-electron chi connectivity index (χ4n) is 4.84. The van der Waals surface area contributed by atoms with Crippen LogP contribution in [0.2, 0.25) is 0 Å². The Morgan fingerprint density at radius 1 is 1.27 bits per heavy atom. The number of halogens is 1. The predicted octanol–water partition coefficient (Wildman–Crippen LogP) is 1.93. The van der Waals surface area contributed by atoms with Crippen molar-refractivity contribution in [3.05, 3.63) is 34.9 Å². The number of benzene rings is 1. The van der Waals surface area contributed by atoms with Crippen molar-refractivity contribution in [3.8, 4) is 0 Å². The van der Waals surface area contributed by atoms with Crippen molar-refractivity contribution < 1.29 is 14.6 Å². The van der Waals surface area contributed by atoms with E-state index in [1.807, 2.05) is 11.0 Å². The van der Waals surface area contributed by atoms with Crippen LogP contribution in [0.3, 0.4) is 0 Å². The minimum absolute atomic E-state index is 0. The molecule has 2 aliphatic carbocycles. The molecule has 0 radical (unpaired) electrons. The molecule has 6 heteroatoms. The quantitative estimate of drug-likeness (QED) is 0.836. The molecule has 1 saturated heterocycles. The molecule has 1 aromatic rings. The van der Waals surface area contributed by atoms with Crippen molar-refractivity contribution in [2.45, 2.75) is 50.7 Å². The van der Waals surface area contributed by atoms with Crippen LogP contribution in [0.5, 0.6) is 0 Å². The Kier molecular flexibility index (Phi) is 5.92. The van der Waals surface area contributed by atoms with E-state index in [9.17, 15) is 9.90 Å². The van der Waals surface area contributed by atoms with Gasteiger partial charge in [-0.1, -0.05) is 6.07 Å². The van der Waals surface area contributed by atoms with Gasteiger partial charge in [-0.2, -0.15) is 0 Å².